The molecule has 1 heterocycles. The highest BCUT2D eigenvalue weighted by molar-refractivity contribution is 7.93. The molecule has 0 spiro atoms. The first kappa shape index (κ1) is 24.3. The van der Waals surface area contributed by atoms with E-state index >= 15 is 0 Å². The van der Waals surface area contributed by atoms with Crippen LogP contribution in [0.25, 0.3) is 6.08 Å². The van der Waals surface area contributed by atoms with E-state index in [0.717, 1.165) is 25.9 Å². The minimum absolute atomic E-state index is 0.0530. The number of hydrogen-bond donors (Lipinski definition) is 2. The van der Waals surface area contributed by atoms with Crippen LogP contribution in [0.3, 0.4) is 0 Å². The Bertz CT molecular complexity index is 1350. The minimum Gasteiger partial charge on any atom is -0.495 e. The maximum Gasteiger partial charge on any atom is 0.264 e. The van der Waals surface area contributed by atoms with Gasteiger partial charge in [-0.1, -0.05) is 24.3 Å². The van der Waals surface area contributed by atoms with Crippen LogP contribution in [0.4, 0.5) is 21.5 Å². The zero-order valence-electron chi connectivity index (χ0n) is 19.2. The predicted molar refractivity (Wildman–Crippen MR) is 136 cm³/mol. The molecule has 7 nitrogen and oxygen atoms in total. The molecule has 0 bridgehead atoms. The van der Waals surface area contributed by atoms with Crippen LogP contribution in [0.5, 0.6) is 5.75 Å². The van der Waals surface area contributed by atoms with Crippen LogP contribution in [-0.4, -0.2) is 34.5 Å². The molecular weight excluding hydrogens is 469 g/mol. The summed E-state index contributed by atoms with van der Waals surface area (Å²) in [4.78, 5) is 14.5. The largest absolute Gasteiger partial charge is 0.495 e. The van der Waals surface area contributed by atoms with Gasteiger partial charge in [0.2, 0.25) is 5.91 Å². The van der Waals surface area contributed by atoms with Gasteiger partial charge in [-0.3, -0.25) is 9.52 Å². The first-order valence-corrected chi connectivity index (χ1v) is 12.6. The SMILES string of the molecule is COc1ccccc1NS(=O)(=O)c1cc(NC(=O)/C=C/c2cccc(F)c2)ccc1N1CCCC1. The van der Waals surface area contributed by atoms with Crippen molar-refractivity contribution in [1.29, 1.82) is 0 Å². The molecule has 1 amide bonds. The summed E-state index contributed by atoms with van der Waals surface area (Å²) in [6.07, 6.45) is 4.70. The molecule has 1 aliphatic heterocycles. The fourth-order valence-electron chi connectivity index (χ4n) is 3.92. The summed E-state index contributed by atoms with van der Waals surface area (Å²) in [7, 11) is -2.55. The Hall–Kier alpha value is -3.85. The Kier molecular flexibility index (Phi) is 7.36. The van der Waals surface area contributed by atoms with Crippen molar-refractivity contribution in [3.63, 3.8) is 0 Å². The Balaban J connectivity index is 1.62. The second-order valence-electron chi connectivity index (χ2n) is 8.06. The van der Waals surface area contributed by atoms with Crippen LogP contribution in [-0.2, 0) is 14.8 Å². The Morgan fingerprint density at radius 3 is 2.54 bits per heavy atom. The fourth-order valence-corrected chi connectivity index (χ4v) is 5.24. The van der Waals surface area contributed by atoms with Gasteiger partial charge < -0.3 is 15.0 Å². The van der Waals surface area contributed by atoms with Gasteiger partial charge in [0.15, 0.2) is 0 Å². The van der Waals surface area contributed by atoms with Gasteiger partial charge in [0.05, 0.1) is 18.5 Å². The van der Waals surface area contributed by atoms with E-state index in [4.69, 9.17) is 4.74 Å². The summed E-state index contributed by atoms with van der Waals surface area (Å²) >= 11 is 0. The van der Waals surface area contributed by atoms with Crippen molar-refractivity contribution in [2.24, 2.45) is 0 Å². The molecule has 0 saturated carbocycles. The molecule has 0 unspecified atom stereocenters. The second kappa shape index (κ2) is 10.6. The van der Waals surface area contributed by atoms with E-state index in [9.17, 15) is 17.6 Å². The number of sulfonamides is 1. The fraction of sp³-hybridized carbons (Fsp3) is 0.192. The highest BCUT2D eigenvalue weighted by Crippen LogP contribution is 2.34. The van der Waals surface area contributed by atoms with Gasteiger partial charge in [0.1, 0.15) is 16.5 Å². The summed E-state index contributed by atoms with van der Waals surface area (Å²) in [5, 5.41) is 2.69. The smallest absolute Gasteiger partial charge is 0.264 e. The number of hydrogen-bond acceptors (Lipinski definition) is 5. The topological polar surface area (TPSA) is 87.7 Å². The van der Waals surface area contributed by atoms with Gasteiger partial charge in [0.25, 0.3) is 10.0 Å². The highest BCUT2D eigenvalue weighted by atomic mass is 32.2. The van der Waals surface area contributed by atoms with Crippen LogP contribution in [0, 0.1) is 5.82 Å². The molecule has 0 aliphatic carbocycles. The molecule has 1 saturated heterocycles. The molecule has 0 aromatic heterocycles. The van der Waals surface area contributed by atoms with Crippen LogP contribution in [0.15, 0.2) is 77.7 Å². The number of para-hydroxylation sites is 2. The number of ether oxygens (including phenoxy) is 1. The van der Waals surface area contributed by atoms with E-state index in [1.165, 1.54) is 37.5 Å². The van der Waals surface area contributed by atoms with Crippen molar-refractivity contribution in [3.8, 4) is 5.75 Å². The molecule has 4 rings (SSSR count). The molecule has 3 aromatic rings. The second-order valence-corrected chi connectivity index (χ2v) is 9.71. The lowest BCUT2D eigenvalue weighted by atomic mass is 10.2. The summed E-state index contributed by atoms with van der Waals surface area (Å²) in [6.45, 7) is 1.50. The molecule has 1 fully saturated rings. The zero-order valence-corrected chi connectivity index (χ0v) is 20.0. The van der Waals surface area contributed by atoms with E-state index in [0.29, 0.717) is 28.4 Å². The van der Waals surface area contributed by atoms with E-state index in [1.807, 2.05) is 4.90 Å². The van der Waals surface area contributed by atoms with E-state index in [2.05, 4.69) is 10.0 Å². The highest BCUT2D eigenvalue weighted by Gasteiger charge is 2.25. The lowest BCUT2D eigenvalue weighted by Crippen LogP contribution is -2.23. The molecule has 1 aliphatic rings. The molecule has 0 radical (unpaired) electrons. The predicted octanol–water partition coefficient (Wildman–Crippen LogP) is 4.89. The number of nitrogens with one attached hydrogen (secondary N) is 2. The van der Waals surface area contributed by atoms with Crippen molar-refractivity contribution in [2.75, 3.05) is 35.1 Å². The van der Waals surface area contributed by atoms with Gasteiger partial charge in [0, 0.05) is 24.9 Å². The minimum atomic E-state index is -4.01. The Labute approximate surface area is 204 Å². The van der Waals surface area contributed by atoms with Crippen LogP contribution < -0.4 is 19.7 Å². The third kappa shape index (κ3) is 5.99. The van der Waals surface area contributed by atoms with Crippen molar-refractivity contribution >= 4 is 39.1 Å². The summed E-state index contributed by atoms with van der Waals surface area (Å²) in [5.74, 6) is -0.475. The first-order chi connectivity index (χ1) is 16.9. The monoisotopic (exact) mass is 495 g/mol. The summed E-state index contributed by atoms with van der Waals surface area (Å²) in [6, 6.07) is 17.4. The number of carbonyl (C=O) groups is 1. The van der Waals surface area contributed by atoms with Gasteiger partial charge in [-0.05, 0) is 66.9 Å². The molecule has 0 atom stereocenters. The number of anilines is 3. The molecule has 3 aromatic carbocycles. The number of halogens is 1. The van der Waals surface area contributed by atoms with E-state index in [-0.39, 0.29) is 4.90 Å². The van der Waals surface area contributed by atoms with E-state index < -0.39 is 21.7 Å². The average molecular weight is 496 g/mol. The van der Waals surface area contributed by atoms with Gasteiger partial charge >= 0.3 is 0 Å². The zero-order chi connectivity index (χ0) is 24.8. The normalized spacial score (nSPS) is 13.7. The first-order valence-electron chi connectivity index (χ1n) is 11.2. The van der Waals surface area contributed by atoms with Gasteiger partial charge in [-0.2, -0.15) is 0 Å². The maximum atomic E-state index is 13.5. The van der Waals surface area contributed by atoms with Gasteiger partial charge in [-0.25, -0.2) is 12.8 Å². The number of nitrogens with zero attached hydrogens (tertiary/aromatic N) is 1. The number of benzene rings is 3. The average Bonchev–Trinajstić information content (AvgIpc) is 3.38. The lowest BCUT2D eigenvalue weighted by Gasteiger charge is -2.22. The molecular formula is C26H26FN3O4S. The summed E-state index contributed by atoms with van der Waals surface area (Å²) in [5.41, 5.74) is 1.74. The standard InChI is InChI=1S/C26H26FN3O4S/c1-34-24-10-3-2-9-22(24)29-35(32,33)25-18-21(12-13-23(25)30-15-4-5-16-30)28-26(31)14-11-19-7-6-8-20(27)17-19/h2-3,6-14,17-18,29H,4-5,15-16H2,1H3,(H,28,31)/b14-11+. The quantitative estimate of drug-likeness (QED) is 0.435. The van der Waals surface area contributed by atoms with Crippen molar-refractivity contribution in [3.05, 3.63) is 84.2 Å². The molecule has 2 N–H and O–H groups in total. The van der Waals surface area contributed by atoms with Gasteiger partial charge in [-0.15, -0.1) is 0 Å². The number of carbonyl (C=O) groups excluding carboxylic acids is 1. The van der Waals surface area contributed by atoms with Crippen LogP contribution in [0.2, 0.25) is 0 Å². The third-order valence-corrected chi connectivity index (χ3v) is 6.99. The summed E-state index contributed by atoms with van der Waals surface area (Å²) < 4.78 is 48.2. The molecule has 9 heteroatoms. The van der Waals surface area contributed by atoms with Crippen molar-refractivity contribution < 1.29 is 22.3 Å². The van der Waals surface area contributed by atoms with Crippen molar-refractivity contribution in [2.45, 2.75) is 17.7 Å². The number of amides is 1. The Morgan fingerprint density at radius 2 is 1.80 bits per heavy atom. The Morgan fingerprint density at radius 1 is 1.03 bits per heavy atom. The number of methoxy groups -OCH3 is 1. The van der Waals surface area contributed by atoms with Crippen LogP contribution >= 0.6 is 0 Å². The van der Waals surface area contributed by atoms with E-state index in [1.54, 1.807) is 48.5 Å². The molecule has 35 heavy (non-hydrogen) atoms. The lowest BCUT2D eigenvalue weighted by molar-refractivity contribution is -0.111. The van der Waals surface area contributed by atoms with Crippen molar-refractivity contribution in [1.82, 2.24) is 0 Å². The van der Waals surface area contributed by atoms with Crippen LogP contribution in [0.1, 0.15) is 18.4 Å². The third-order valence-electron chi connectivity index (χ3n) is 5.59. The maximum absolute atomic E-state index is 13.5. The molecule has 182 valence electrons. The number of rotatable bonds is 8.